The Morgan fingerprint density at radius 3 is 2.64 bits per heavy atom. The van der Waals surface area contributed by atoms with E-state index in [1.807, 2.05) is 26.0 Å². The summed E-state index contributed by atoms with van der Waals surface area (Å²) in [5.74, 6) is 0.408. The second-order valence-corrected chi connectivity index (χ2v) is 6.68. The fraction of sp³-hybridized carbons (Fsp3) is 0.381. The summed E-state index contributed by atoms with van der Waals surface area (Å²) >= 11 is 0. The number of carbonyl (C=O) groups is 2. The molecule has 3 amide bonds. The molecule has 2 N–H and O–H groups in total. The third kappa shape index (κ3) is 5.45. The molecule has 28 heavy (non-hydrogen) atoms. The van der Waals surface area contributed by atoms with Gasteiger partial charge in [-0.15, -0.1) is 0 Å². The standard InChI is InChI=1S/C21H28N4O3/c1-6-20(26)24-18-13-16(9-10-19(18)28-5)23-21(27)25(4)15(3)12-17-14(2)8-7-11-22-17/h7-11,13,15H,6,12H2,1-5H3,(H,23,27)(H,24,26)/t15-/m0/s1. The van der Waals surface area contributed by atoms with Gasteiger partial charge in [-0.25, -0.2) is 4.79 Å². The van der Waals surface area contributed by atoms with Crippen LogP contribution in [0.1, 0.15) is 31.5 Å². The van der Waals surface area contributed by atoms with Crippen LogP contribution in [0.25, 0.3) is 0 Å². The first kappa shape index (κ1) is 21.2. The first-order valence-corrected chi connectivity index (χ1v) is 9.27. The van der Waals surface area contributed by atoms with Crippen molar-refractivity contribution in [2.24, 2.45) is 0 Å². The van der Waals surface area contributed by atoms with E-state index in [9.17, 15) is 9.59 Å². The molecule has 2 aromatic rings. The van der Waals surface area contributed by atoms with Crippen LogP contribution in [-0.4, -0.2) is 42.0 Å². The van der Waals surface area contributed by atoms with Crippen LogP contribution < -0.4 is 15.4 Å². The van der Waals surface area contributed by atoms with Gasteiger partial charge >= 0.3 is 6.03 Å². The summed E-state index contributed by atoms with van der Waals surface area (Å²) in [7, 11) is 3.28. The Morgan fingerprint density at radius 1 is 1.25 bits per heavy atom. The highest BCUT2D eigenvalue weighted by atomic mass is 16.5. The molecule has 150 valence electrons. The van der Waals surface area contributed by atoms with Crippen LogP contribution in [0.3, 0.4) is 0 Å². The maximum Gasteiger partial charge on any atom is 0.321 e. The van der Waals surface area contributed by atoms with Crippen molar-refractivity contribution in [3.05, 3.63) is 47.8 Å². The number of likely N-dealkylation sites (N-methyl/N-ethyl adjacent to an activating group) is 1. The molecule has 0 unspecified atom stereocenters. The average Bonchev–Trinajstić information content (AvgIpc) is 2.69. The molecule has 0 saturated heterocycles. The summed E-state index contributed by atoms with van der Waals surface area (Å²) in [5, 5.41) is 5.64. The molecule has 1 aromatic carbocycles. The van der Waals surface area contributed by atoms with Crippen molar-refractivity contribution < 1.29 is 14.3 Å². The van der Waals surface area contributed by atoms with Crippen molar-refractivity contribution in [3.8, 4) is 5.75 Å². The first-order chi connectivity index (χ1) is 13.3. The third-order valence-electron chi connectivity index (χ3n) is 4.63. The fourth-order valence-electron chi connectivity index (χ4n) is 2.68. The zero-order valence-electron chi connectivity index (χ0n) is 17.1. The highest BCUT2D eigenvalue weighted by molar-refractivity contribution is 5.95. The van der Waals surface area contributed by atoms with Crippen molar-refractivity contribution >= 4 is 23.3 Å². The Labute approximate surface area is 166 Å². The van der Waals surface area contributed by atoms with Crippen molar-refractivity contribution in [2.45, 2.75) is 39.7 Å². The molecule has 2 rings (SSSR count). The van der Waals surface area contributed by atoms with Gasteiger partial charge in [-0.05, 0) is 43.7 Å². The Kier molecular flexibility index (Phi) is 7.37. The molecule has 0 spiro atoms. The van der Waals surface area contributed by atoms with Crippen LogP contribution in [0.5, 0.6) is 5.75 Å². The van der Waals surface area contributed by atoms with Gasteiger partial charge in [0, 0.05) is 43.5 Å². The Balaban J connectivity index is 2.07. The number of urea groups is 1. The van der Waals surface area contributed by atoms with Gasteiger partial charge in [0.1, 0.15) is 5.75 Å². The Hall–Kier alpha value is -3.09. The van der Waals surface area contributed by atoms with Gasteiger partial charge in [0.05, 0.1) is 12.8 Å². The predicted octanol–water partition coefficient (Wildman–Crippen LogP) is 3.84. The van der Waals surface area contributed by atoms with Crippen LogP contribution >= 0.6 is 0 Å². The largest absolute Gasteiger partial charge is 0.495 e. The Morgan fingerprint density at radius 2 is 2.00 bits per heavy atom. The molecule has 0 radical (unpaired) electrons. The van der Waals surface area contributed by atoms with E-state index in [2.05, 4.69) is 15.6 Å². The topological polar surface area (TPSA) is 83.6 Å². The number of pyridine rings is 1. The van der Waals surface area contributed by atoms with Gasteiger partial charge in [0.2, 0.25) is 5.91 Å². The van der Waals surface area contributed by atoms with E-state index in [0.29, 0.717) is 30.0 Å². The summed E-state index contributed by atoms with van der Waals surface area (Å²) in [4.78, 5) is 30.4. The SMILES string of the molecule is CCC(=O)Nc1cc(NC(=O)N(C)[C@@H](C)Cc2ncccc2C)ccc1OC. The van der Waals surface area contributed by atoms with Crippen LogP contribution in [0.2, 0.25) is 0 Å². The lowest BCUT2D eigenvalue weighted by Crippen LogP contribution is -2.39. The number of carbonyl (C=O) groups excluding carboxylic acids is 2. The molecule has 1 atom stereocenters. The summed E-state index contributed by atoms with van der Waals surface area (Å²) < 4.78 is 5.27. The lowest BCUT2D eigenvalue weighted by atomic mass is 10.1. The number of benzene rings is 1. The lowest BCUT2D eigenvalue weighted by Gasteiger charge is -2.25. The third-order valence-corrected chi connectivity index (χ3v) is 4.63. The van der Waals surface area contributed by atoms with E-state index in [4.69, 9.17) is 4.74 Å². The van der Waals surface area contributed by atoms with E-state index < -0.39 is 0 Å². The second-order valence-electron chi connectivity index (χ2n) is 6.68. The summed E-state index contributed by atoms with van der Waals surface area (Å²) in [6.45, 7) is 5.76. The molecule has 1 heterocycles. The van der Waals surface area contributed by atoms with Crippen LogP contribution in [0.15, 0.2) is 36.5 Å². The highest BCUT2D eigenvalue weighted by Gasteiger charge is 2.18. The molecule has 0 aliphatic carbocycles. The van der Waals surface area contributed by atoms with E-state index >= 15 is 0 Å². The molecule has 0 bridgehead atoms. The number of rotatable bonds is 7. The summed E-state index contributed by atoms with van der Waals surface area (Å²) in [6, 6.07) is 8.77. The number of nitrogens with one attached hydrogen (secondary N) is 2. The number of ether oxygens (including phenoxy) is 1. The van der Waals surface area contributed by atoms with Crippen molar-refractivity contribution in [1.29, 1.82) is 0 Å². The summed E-state index contributed by atoms with van der Waals surface area (Å²) in [6.07, 6.45) is 2.78. The van der Waals surface area contributed by atoms with Gasteiger partial charge in [0.15, 0.2) is 0 Å². The maximum absolute atomic E-state index is 12.6. The van der Waals surface area contributed by atoms with Gasteiger partial charge in [-0.2, -0.15) is 0 Å². The number of hydrogen-bond acceptors (Lipinski definition) is 4. The second kappa shape index (κ2) is 9.73. The van der Waals surface area contributed by atoms with Crippen LogP contribution in [0.4, 0.5) is 16.2 Å². The average molecular weight is 384 g/mol. The van der Waals surface area contributed by atoms with Crippen LogP contribution in [-0.2, 0) is 11.2 Å². The number of hydrogen-bond donors (Lipinski definition) is 2. The van der Waals surface area contributed by atoms with E-state index in [1.165, 1.54) is 7.11 Å². The van der Waals surface area contributed by atoms with E-state index in [1.54, 1.807) is 43.3 Å². The molecular weight excluding hydrogens is 356 g/mol. The van der Waals surface area contributed by atoms with Gasteiger partial charge in [-0.1, -0.05) is 13.0 Å². The molecule has 7 nitrogen and oxygen atoms in total. The van der Waals surface area contributed by atoms with Gasteiger partial charge < -0.3 is 20.3 Å². The van der Waals surface area contributed by atoms with E-state index in [0.717, 1.165) is 11.3 Å². The zero-order chi connectivity index (χ0) is 20.7. The molecule has 0 fully saturated rings. The minimum atomic E-state index is -0.237. The number of anilines is 2. The first-order valence-electron chi connectivity index (χ1n) is 9.27. The number of methoxy groups -OCH3 is 1. The van der Waals surface area contributed by atoms with E-state index in [-0.39, 0.29) is 18.0 Å². The van der Waals surface area contributed by atoms with Gasteiger partial charge in [0.25, 0.3) is 0 Å². The smallest absolute Gasteiger partial charge is 0.321 e. The molecule has 7 heteroatoms. The Bertz CT molecular complexity index is 838. The monoisotopic (exact) mass is 384 g/mol. The minimum absolute atomic E-state index is 0.0360. The number of aromatic nitrogens is 1. The number of amides is 3. The highest BCUT2D eigenvalue weighted by Crippen LogP contribution is 2.28. The molecule has 1 aromatic heterocycles. The minimum Gasteiger partial charge on any atom is -0.495 e. The number of nitrogens with zero attached hydrogens (tertiary/aromatic N) is 2. The van der Waals surface area contributed by atoms with Crippen molar-refractivity contribution in [3.63, 3.8) is 0 Å². The zero-order valence-corrected chi connectivity index (χ0v) is 17.1. The summed E-state index contributed by atoms with van der Waals surface area (Å²) in [5.41, 5.74) is 3.18. The lowest BCUT2D eigenvalue weighted by molar-refractivity contribution is -0.115. The molecule has 0 saturated carbocycles. The quantitative estimate of drug-likeness (QED) is 0.760. The van der Waals surface area contributed by atoms with Crippen molar-refractivity contribution in [1.82, 2.24) is 9.88 Å². The molecular formula is C21H28N4O3. The molecule has 0 aliphatic rings. The predicted molar refractivity (Wildman–Crippen MR) is 111 cm³/mol. The maximum atomic E-state index is 12.6. The number of aryl methyl sites for hydroxylation is 1. The normalized spacial score (nSPS) is 11.5. The fourth-order valence-corrected chi connectivity index (χ4v) is 2.68. The molecule has 0 aliphatic heterocycles. The van der Waals surface area contributed by atoms with Gasteiger partial charge in [-0.3, -0.25) is 9.78 Å². The van der Waals surface area contributed by atoms with Crippen LogP contribution in [0, 0.1) is 6.92 Å². The van der Waals surface area contributed by atoms with Crippen molar-refractivity contribution in [2.75, 3.05) is 24.8 Å².